The summed E-state index contributed by atoms with van der Waals surface area (Å²) in [5.41, 5.74) is 0.188. The molecule has 1 N–H and O–H groups in total. The lowest BCUT2D eigenvalue weighted by Crippen LogP contribution is -2.15. The quantitative estimate of drug-likeness (QED) is 0.801. The smallest absolute Gasteiger partial charge is 0.234 e. The lowest BCUT2D eigenvalue weighted by atomic mass is 10.3. The summed E-state index contributed by atoms with van der Waals surface area (Å²) in [5, 5.41) is 10.8. The van der Waals surface area contributed by atoms with Crippen LogP contribution < -0.4 is 5.32 Å². The monoisotopic (exact) mass is 238 g/mol. The van der Waals surface area contributed by atoms with Gasteiger partial charge in [-0.1, -0.05) is 12.1 Å². The fourth-order valence-electron chi connectivity index (χ4n) is 1.03. The van der Waals surface area contributed by atoms with Crippen molar-refractivity contribution in [2.75, 3.05) is 16.8 Å². The van der Waals surface area contributed by atoms with Crippen LogP contribution in [0.1, 0.15) is 6.42 Å². The number of anilines is 1. The molecule has 0 saturated carbocycles. The summed E-state index contributed by atoms with van der Waals surface area (Å²) in [6.45, 7) is 0. The maximum atomic E-state index is 13.1. The van der Waals surface area contributed by atoms with E-state index in [9.17, 15) is 9.18 Å². The summed E-state index contributed by atoms with van der Waals surface area (Å²) in [5.74, 6) is 0.142. The van der Waals surface area contributed by atoms with Gasteiger partial charge in [0.2, 0.25) is 5.91 Å². The number of nitrogens with zero attached hydrogens (tertiary/aromatic N) is 1. The summed E-state index contributed by atoms with van der Waals surface area (Å²) in [4.78, 5) is 11.3. The zero-order chi connectivity index (χ0) is 11.8. The molecule has 1 rings (SSSR count). The summed E-state index contributed by atoms with van der Waals surface area (Å²) < 4.78 is 13.1. The van der Waals surface area contributed by atoms with Crippen molar-refractivity contribution < 1.29 is 9.18 Å². The Morgan fingerprint density at radius 1 is 1.50 bits per heavy atom. The first-order valence-electron chi connectivity index (χ1n) is 4.73. The maximum Gasteiger partial charge on any atom is 0.234 e. The third-order valence-corrected chi connectivity index (χ3v) is 2.70. The van der Waals surface area contributed by atoms with E-state index in [1.807, 2.05) is 6.07 Å². The van der Waals surface area contributed by atoms with Gasteiger partial charge in [-0.25, -0.2) is 4.39 Å². The van der Waals surface area contributed by atoms with Gasteiger partial charge < -0.3 is 5.32 Å². The highest BCUT2D eigenvalue weighted by Gasteiger charge is 2.05. The summed E-state index contributed by atoms with van der Waals surface area (Å²) in [6.07, 6.45) is 0.414. The number of carbonyl (C=O) groups is 1. The Balaban J connectivity index is 2.35. The second-order valence-electron chi connectivity index (χ2n) is 2.99. The Bertz CT molecular complexity index is 403. The molecule has 5 heteroatoms. The van der Waals surface area contributed by atoms with Gasteiger partial charge in [0.25, 0.3) is 0 Å². The molecule has 3 nitrogen and oxygen atoms in total. The van der Waals surface area contributed by atoms with Gasteiger partial charge in [0.15, 0.2) is 0 Å². The van der Waals surface area contributed by atoms with E-state index >= 15 is 0 Å². The third-order valence-electron chi connectivity index (χ3n) is 1.74. The molecule has 84 valence electrons. The summed E-state index contributed by atoms with van der Waals surface area (Å²) in [7, 11) is 0. The number of nitrogens with one attached hydrogen (secondary N) is 1. The number of hydrogen-bond donors (Lipinski definition) is 1. The highest BCUT2D eigenvalue weighted by atomic mass is 32.2. The second-order valence-corrected chi connectivity index (χ2v) is 4.09. The zero-order valence-corrected chi connectivity index (χ0v) is 9.39. The molecule has 0 aromatic heterocycles. The van der Waals surface area contributed by atoms with Gasteiger partial charge in [-0.15, -0.1) is 0 Å². The standard InChI is InChI=1S/C11H11FN2OS/c12-9-4-1-2-5-10(9)14-11(15)8-16-7-3-6-13/h1-2,4-5H,3,7-8H2,(H,14,15). The number of nitriles is 1. The Morgan fingerprint density at radius 3 is 2.94 bits per heavy atom. The molecule has 1 amide bonds. The lowest BCUT2D eigenvalue weighted by molar-refractivity contribution is -0.113. The molecule has 1 aromatic rings. The highest BCUT2D eigenvalue weighted by molar-refractivity contribution is 7.99. The SMILES string of the molecule is N#CCCSCC(=O)Nc1ccccc1F. The van der Waals surface area contributed by atoms with E-state index in [1.165, 1.54) is 23.9 Å². The number of thioether (sulfide) groups is 1. The topological polar surface area (TPSA) is 52.9 Å². The minimum absolute atomic E-state index is 0.188. The van der Waals surface area contributed by atoms with E-state index in [0.29, 0.717) is 12.2 Å². The highest BCUT2D eigenvalue weighted by Crippen LogP contribution is 2.13. The van der Waals surface area contributed by atoms with Crippen molar-refractivity contribution in [2.45, 2.75) is 6.42 Å². The summed E-state index contributed by atoms with van der Waals surface area (Å²) >= 11 is 1.35. The second kappa shape index (κ2) is 6.85. The number of hydrogen-bond acceptors (Lipinski definition) is 3. The Labute approximate surface area is 97.6 Å². The molecule has 0 saturated heterocycles. The molecule has 0 heterocycles. The van der Waals surface area contributed by atoms with E-state index in [-0.39, 0.29) is 17.3 Å². The molecule has 0 aliphatic rings. The largest absolute Gasteiger partial charge is 0.323 e. The molecule has 0 unspecified atom stereocenters. The summed E-state index contributed by atoms with van der Waals surface area (Å²) in [6, 6.07) is 8.00. The van der Waals surface area contributed by atoms with Crippen LogP contribution >= 0.6 is 11.8 Å². The van der Waals surface area contributed by atoms with Gasteiger partial charge in [-0.3, -0.25) is 4.79 Å². The van der Waals surface area contributed by atoms with Crippen molar-refractivity contribution in [3.8, 4) is 6.07 Å². The van der Waals surface area contributed by atoms with Crippen LogP contribution in [-0.4, -0.2) is 17.4 Å². The number of para-hydroxylation sites is 1. The molecule has 0 radical (unpaired) electrons. The first-order chi connectivity index (χ1) is 7.74. The molecule has 0 bridgehead atoms. The molecule has 1 aromatic carbocycles. The Kier molecular flexibility index (Phi) is 5.37. The average molecular weight is 238 g/mol. The fourth-order valence-corrected chi connectivity index (χ4v) is 1.67. The van der Waals surface area contributed by atoms with E-state index in [4.69, 9.17) is 5.26 Å². The van der Waals surface area contributed by atoms with Crippen LogP contribution in [0.15, 0.2) is 24.3 Å². The zero-order valence-electron chi connectivity index (χ0n) is 8.57. The molecular weight excluding hydrogens is 227 g/mol. The lowest BCUT2D eigenvalue weighted by Gasteiger charge is -2.05. The van der Waals surface area contributed by atoms with Crippen molar-refractivity contribution in [1.82, 2.24) is 0 Å². The van der Waals surface area contributed by atoms with Crippen LogP contribution in [-0.2, 0) is 4.79 Å². The molecule has 0 aliphatic carbocycles. The van der Waals surface area contributed by atoms with E-state index < -0.39 is 5.82 Å². The first-order valence-corrected chi connectivity index (χ1v) is 5.88. The predicted molar refractivity (Wildman–Crippen MR) is 62.6 cm³/mol. The normalized spacial score (nSPS) is 9.50. The fraction of sp³-hybridized carbons (Fsp3) is 0.273. The van der Waals surface area contributed by atoms with Crippen LogP contribution in [0.4, 0.5) is 10.1 Å². The van der Waals surface area contributed by atoms with Gasteiger partial charge in [0.1, 0.15) is 5.82 Å². The van der Waals surface area contributed by atoms with Crippen LogP contribution in [0, 0.1) is 17.1 Å². The van der Waals surface area contributed by atoms with Crippen LogP contribution in [0.2, 0.25) is 0 Å². The van der Waals surface area contributed by atoms with E-state index in [2.05, 4.69) is 5.32 Å². The maximum absolute atomic E-state index is 13.1. The number of carbonyl (C=O) groups excluding carboxylic acids is 1. The molecule has 0 fully saturated rings. The number of halogens is 1. The first kappa shape index (κ1) is 12.5. The third kappa shape index (κ3) is 4.32. The van der Waals surface area contributed by atoms with Gasteiger partial charge >= 0.3 is 0 Å². The van der Waals surface area contributed by atoms with Gasteiger partial charge in [0, 0.05) is 12.2 Å². The average Bonchev–Trinajstić information content (AvgIpc) is 2.28. The van der Waals surface area contributed by atoms with Crippen molar-refractivity contribution in [3.63, 3.8) is 0 Å². The molecule has 16 heavy (non-hydrogen) atoms. The van der Waals surface area contributed by atoms with Crippen molar-refractivity contribution in [1.29, 1.82) is 5.26 Å². The van der Waals surface area contributed by atoms with Crippen molar-refractivity contribution >= 4 is 23.4 Å². The predicted octanol–water partition coefficient (Wildman–Crippen LogP) is 2.41. The minimum Gasteiger partial charge on any atom is -0.323 e. The Morgan fingerprint density at radius 2 is 2.25 bits per heavy atom. The van der Waals surface area contributed by atoms with Crippen LogP contribution in [0.25, 0.3) is 0 Å². The number of benzene rings is 1. The molecule has 0 atom stereocenters. The Hall–Kier alpha value is -1.54. The molecular formula is C11H11FN2OS. The van der Waals surface area contributed by atoms with Gasteiger partial charge in [-0.05, 0) is 12.1 Å². The van der Waals surface area contributed by atoms with Crippen molar-refractivity contribution in [2.24, 2.45) is 0 Å². The van der Waals surface area contributed by atoms with E-state index in [1.54, 1.807) is 12.1 Å². The molecule has 0 aliphatic heterocycles. The van der Waals surface area contributed by atoms with Crippen LogP contribution in [0.3, 0.4) is 0 Å². The van der Waals surface area contributed by atoms with Crippen LogP contribution in [0.5, 0.6) is 0 Å². The minimum atomic E-state index is -0.446. The molecule has 0 spiro atoms. The number of rotatable bonds is 5. The van der Waals surface area contributed by atoms with E-state index in [0.717, 1.165) is 0 Å². The number of amides is 1. The van der Waals surface area contributed by atoms with Crippen molar-refractivity contribution in [3.05, 3.63) is 30.1 Å². The van der Waals surface area contributed by atoms with Gasteiger partial charge in [0.05, 0.1) is 17.5 Å². The van der Waals surface area contributed by atoms with Gasteiger partial charge in [-0.2, -0.15) is 17.0 Å².